The minimum absolute atomic E-state index is 0.319. The van der Waals surface area contributed by atoms with E-state index in [2.05, 4.69) is 112 Å². The van der Waals surface area contributed by atoms with Crippen LogP contribution in [0.5, 0.6) is 0 Å². The lowest BCUT2D eigenvalue weighted by atomic mass is 9.92. The first-order valence-electron chi connectivity index (χ1n) is 16.3. The maximum absolute atomic E-state index is 10.5. The van der Waals surface area contributed by atoms with Gasteiger partial charge in [-0.3, -0.25) is 0 Å². The maximum Gasteiger partial charge on any atom is 0.101 e. The van der Waals surface area contributed by atoms with Crippen molar-refractivity contribution >= 4 is 43.6 Å². The molecule has 0 aliphatic heterocycles. The molecule has 0 saturated carbocycles. The van der Waals surface area contributed by atoms with Gasteiger partial charge in [-0.2, -0.15) is 15.8 Å². The normalized spacial score (nSPS) is 11.1. The van der Waals surface area contributed by atoms with Crippen LogP contribution in [0.4, 0.5) is 0 Å². The van der Waals surface area contributed by atoms with Crippen LogP contribution in [-0.4, -0.2) is 9.13 Å². The molecule has 0 N–H and O–H groups in total. The molecule has 230 valence electrons. The van der Waals surface area contributed by atoms with E-state index in [1.165, 1.54) is 10.8 Å². The van der Waals surface area contributed by atoms with Gasteiger partial charge in [0.25, 0.3) is 0 Å². The quantitative estimate of drug-likeness (QED) is 0.193. The van der Waals surface area contributed by atoms with Crippen molar-refractivity contribution in [3.63, 3.8) is 0 Å². The summed E-state index contributed by atoms with van der Waals surface area (Å²) in [6.45, 7) is 0. The van der Waals surface area contributed by atoms with Gasteiger partial charge >= 0.3 is 0 Å². The SMILES string of the molecule is N#Cc1ccc2c(c1)c1ccccc1n2-c1ccc(C#N)c(C#N)c1-c1cccc(-c2ccc(-n3c4ccccc4c4ccccc43)cc2)c1. The molecule has 0 aliphatic carbocycles. The Balaban J connectivity index is 1.22. The highest BCUT2D eigenvalue weighted by molar-refractivity contribution is 6.11. The number of para-hydroxylation sites is 3. The van der Waals surface area contributed by atoms with E-state index in [0.717, 1.165) is 60.9 Å². The van der Waals surface area contributed by atoms with Crippen LogP contribution < -0.4 is 0 Å². The van der Waals surface area contributed by atoms with Gasteiger partial charge < -0.3 is 9.13 Å². The van der Waals surface area contributed by atoms with Crippen molar-refractivity contribution in [2.24, 2.45) is 0 Å². The largest absolute Gasteiger partial charge is 0.309 e. The lowest BCUT2D eigenvalue weighted by Crippen LogP contribution is -2.01. The Labute approximate surface area is 287 Å². The first-order valence-corrected chi connectivity index (χ1v) is 16.3. The van der Waals surface area contributed by atoms with E-state index < -0.39 is 0 Å². The summed E-state index contributed by atoms with van der Waals surface area (Å²) in [5.74, 6) is 0. The zero-order chi connectivity index (χ0) is 33.8. The fourth-order valence-corrected chi connectivity index (χ4v) is 7.44. The number of nitriles is 3. The zero-order valence-electron chi connectivity index (χ0n) is 26.7. The summed E-state index contributed by atoms with van der Waals surface area (Å²) < 4.78 is 4.44. The predicted molar refractivity (Wildman–Crippen MR) is 200 cm³/mol. The molecule has 5 heteroatoms. The van der Waals surface area contributed by atoms with Crippen molar-refractivity contribution in [3.05, 3.63) is 168 Å². The number of aromatic nitrogens is 2. The second-order valence-electron chi connectivity index (χ2n) is 12.3. The molecule has 7 aromatic carbocycles. The molecule has 0 radical (unpaired) electrons. The Hall–Kier alpha value is -7.39. The zero-order valence-corrected chi connectivity index (χ0v) is 26.7. The third-order valence-corrected chi connectivity index (χ3v) is 9.65. The van der Waals surface area contributed by atoms with E-state index in [9.17, 15) is 15.8 Å². The lowest BCUT2D eigenvalue weighted by molar-refractivity contribution is 1.17. The number of hydrogen-bond acceptors (Lipinski definition) is 3. The van der Waals surface area contributed by atoms with Crippen LogP contribution in [0.2, 0.25) is 0 Å². The minimum atomic E-state index is 0.319. The van der Waals surface area contributed by atoms with Crippen LogP contribution in [0.15, 0.2) is 152 Å². The van der Waals surface area contributed by atoms with Gasteiger partial charge in [-0.25, -0.2) is 0 Å². The second kappa shape index (κ2) is 11.4. The van der Waals surface area contributed by atoms with Crippen molar-refractivity contribution < 1.29 is 0 Å². The van der Waals surface area contributed by atoms with Gasteiger partial charge in [0.05, 0.1) is 50.5 Å². The molecule has 0 aliphatic rings. The van der Waals surface area contributed by atoms with E-state index >= 15 is 0 Å². The maximum atomic E-state index is 10.5. The van der Waals surface area contributed by atoms with Gasteiger partial charge in [0.15, 0.2) is 0 Å². The fourth-order valence-electron chi connectivity index (χ4n) is 7.44. The van der Waals surface area contributed by atoms with Crippen LogP contribution >= 0.6 is 0 Å². The predicted octanol–water partition coefficient (Wildman–Crippen LogP) is 10.8. The average Bonchev–Trinajstić information content (AvgIpc) is 3.70. The standard InChI is InChI=1S/C45H25N5/c46-26-29-16-22-43-38(24-29)37-12-3-6-15-42(37)50(43)44-23-19-33(27-47)39(28-48)45(44)32-9-7-8-31(25-32)30-17-20-34(21-18-30)49-40-13-4-1-10-35(40)36-11-2-5-14-41(36)49/h1-25H. The van der Waals surface area contributed by atoms with E-state index in [1.54, 1.807) is 6.07 Å². The molecule has 9 aromatic rings. The molecule has 0 bridgehead atoms. The molecule has 9 rings (SSSR count). The minimum Gasteiger partial charge on any atom is -0.309 e. The highest BCUT2D eigenvalue weighted by Gasteiger charge is 2.21. The summed E-state index contributed by atoms with van der Waals surface area (Å²) in [5, 5.41) is 34.6. The second-order valence-corrected chi connectivity index (χ2v) is 12.3. The number of nitrogens with zero attached hydrogens (tertiary/aromatic N) is 5. The molecule has 0 fully saturated rings. The Morgan fingerprint density at radius 2 is 1.00 bits per heavy atom. The first kappa shape index (κ1) is 28.8. The molecular formula is C45H25N5. The molecule has 50 heavy (non-hydrogen) atoms. The van der Waals surface area contributed by atoms with Gasteiger partial charge in [-0.05, 0) is 83.4 Å². The van der Waals surface area contributed by atoms with Crippen molar-refractivity contribution in [2.75, 3.05) is 0 Å². The molecule has 2 heterocycles. The molecule has 5 nitrogen and oxygen atoms in total. The van der Waals surface area contributed by atoms with Gasteiger partial charge in [-0.15, -0.1) is 0 Å². The van der Waals surface area contributed by atoms with Gasteiger partial charge in [0, 0.05) is 32.8 Å². The molecule has 0 amide bonds. The molecular weight excluding hydrogens is 611 g/mol. The number of hydrogen-bond donors (Lipinski definition) is 0. The molecule has 0 atom stereocenters. The number of benzene rings is 7. The number of fused-ring (bicyclic) bond motifs is 6. The monoisotopic (exact) mass is 635 g/mol. The molecule has 0 saturated heterocycles. The van der Waals surface area contributed by atoms with Crippen molar-refractivity contribution in [2.45, 2.75) is 0 Å². The Kier molecular flexibility index (Phi) is 6.56. The molecule has 2 aromatic heterocycles. The summed E-state index contributed by atoms with van der Waals surface area (Å²) in [4.78, 5) is 0. The van der Waals surface area contributed by atoms with Crippen molar-refractivity contribution in [1.82, 2.24) is 9.13 Å². The van der Waals surface area contributed by atoms with Crippen LogP contribution in [0.3, 0.4) is 0 Å². The van der Waals surface area contributed by atoms with E-state index in [-0.39, 0.29) is 0 Å². The summed E-state index contributed by atoms with van der Waals surface area (Å²) in [5.41, 5.74) is 10.8. The summed E-state index contributed by atoms with van der Waals surface area (Å²) >= 11 is 0. The Bertz CT molecular complexity index is 2900. The van der Waals surface area contributed by atoms with E-state index in [0.29, 0.717) is 22.3 Å². The van der Waals surface area contributed by atoms with Crippen molar-refractivity contribution in [1.29, 1.82) is 15.8 Å². The van der Waals surface area contributed by atoms with Gasteiger partial charge in [-0.1, -0.05) is 84.9 Å². The Morgan fingerprint density at radius 1 is 0.400 bits per heavy atom. The highest BCUT2D eigenvalue weighted by atomic mass is 15.0. The van der Waals surface area contributed by atoms with Crippen LogP contribution in [0.25, 0.3) is 77.2 Å². The van der Waals surface area contributed by atoms with Crippen molar-refractivity contribution in [3.8, 4) is 51.8 Å². The smallest absolute Gasteiger partial charge is 0.101 e. The topological polar surface area (TPSA) is 81.2 Å². The number of rotatable bonds is 4. The van der Waals surface area contributed by atoms with Gasteiger partial charge in [0.1, 0.15) is 12.1 Å². The van der Waals surface area contributed by atoms with Crippen LogP contribution in [0.1, 0.15) is 16.7 Å². The third kappa shape index (κ3) is 4.31. The highest BCUT2D eigenvalue weighted by Crippen LogP contribution is 2.40. The van der Waals surface area contributed by atoms with E-state index in [1.807, 2.05) is 60.7 Å². The average molecular weight is 636 g/mol. The fraction of sp³-hybridized carbons (Fsp3) is 0. The first-order chi connectivity index (χ1) is 24.7. The summed E-state index contributed by atoms with van der Waals surface area (Å²) in [6, 6.07) is 58.0. The summed E-state index contributed by atoms with van der Waals surface area (Å²) in [6.07, 6.45) is 0. The van der Waals surface area contributed by atoms with Crippen LogP contribution in [-0.2, 0) is 0 Å². The molecule has 0 spiro atoms. The van der Waals surface area contributed by atoms with Gasteiger partial charge in [0.2, 0.25) is 0 Å². The summed E-state index contributed by atoms with van der Waals surface area (Å²) in [7, 11) is 0. The molecule has 0 unspecified atom stereocenters. The van der Waals surface area contributed by atoms with E-state index in [4.69, 9.17) is 0 Å². The lowest BCUT2D eigenvalue weighted by Gasteiger charge is -2.17. The van der Waals surface area contributed by atoms with Crippen LogP contribution in [0, 0.1) is 34.0 Å². The third-order valence-electron chi connectivity index (χ3n) is 9.65. The Morgan fingerprint density at radius 3 is 1.64 bits per heavy atom.